The number of rotatable bonds is 4. The number of nitrogens with zero attached hydrogens (tertiary/aromatic N) is 4. The zero-order valence-electron chi connectivity index (χ0n) is 55.5. The molecule has 0 bridgehead atoms. The summed E-state index contributed by atoms with van der Waals surface area (Å²) in [4.78, 5) is 46.3. The van der Waals surface area contributed by atoms with E-state index >= 15 is 0 Å². The average Bonchev–Trinajstić information content (AvgIpc) is 1.48. The van der Waals surface area contributed by atoms with Crippen molar-refractivity contribution < 1.29 is 0 Å². The van der Waals surface area contributed by atoms with Crippen molar-refractivity contribution in [2.75, 3.05) is 0 Å². The van der Waals surface area contributed by atoms with Gasteiger partial charge >= 0.3 is 0 Å². The predicted octanol–water partition coefficient (Wildman–Crippen LogP) is 26.1. The van der Waals surface area contributed by atoms with Gasteiger partial charge in [-0.05, 0) is 229 Å². The number of aryl methyl sites for hydroxylation is 2. The van der Waals surface area contributed by atoms with Crippen molar-refractivity contribution in [2.24, 2.45) is 0 Å². The van der Waals surface area contributed by atoms with Crippen LogP contribution in [0.25, 0.3) is 249 Å². The number of benzene rings is 16. The Labute approximate surface area is 606 Å². The maximum atomic E-state index is 14.3. The molecule has 26 rings (SSSR count). The number of aromatic nitrogens is 4. The van der Waals surface area contributed by atoms with E-state index in [4.69, 9.17) is 9.97 Å². The number of pyridine rings is 2. The zero-order chi connectivity index (χ0) is 68.0. The molecule has 16 aromatic carbocycles. The summed E-state index contributed by atoms with van der Waals surface area (Å²) in [5, 5.41) is 32.2. The smallest absolute Gasteiger partial charge is 0.264 e. The monoisotopic (exact) mass is 1390 g/mol. The van der Waals surface area contributed by atoms with E-state index in [0.29, 0.717) is 0 Å². The molecule has 0 radical (unpaired) electrons. The molecule has 6 nitrogen and oxygen atoms in total. The van der Waals surface area contributed by atoms with E-state index in [2.05, 4.69) is 213 Å². The maximum Gasteiger partial charge on any atom is 0.264 e. The van der Waals surface area contributed by atoms with Gasteiger partial charge in [0.05, 0.1) is 22.1 Å². The van der Waals surface area contributed by atoms with Gasteiger partial charge in [0.2, 0.25) is 0 Å². The fraction of sp³-hybridized carbons (Fsp3) is 0.0213. The van der Waals surface area contributed by atoms with Crippen molar-refractivity contribution in [2.45, 2.75) is 13.8 Å². The van der Waals surface area contributed by atoms with Gasteiger partial charge in [0.1, 0.15) is 11.3 Å². The van der Waals surface area contributed by atoms with Crippen LogP contribution in [0.4, 0.5) is 0 Å². The largest absolute Gasteiger partial charge is 0.268 e. The van der Waals surface area contributed by atoms with Crippen molar-refractivity contribution in [3.63, 3.8) is 0 Å². The third-order valence-electron chi connectivity index (χ3n) is 23.3. The molecule has 0 spiro atoms. The molecule has 10 heteroatoms. The number of hydrogen-bond donors (Lipinski definition) is 0. The van der Waals surface area contributed by atoms with Crippen LogP contribution in [0.15, 0.2) is 263 Å². The number of fused-ring (bicyclic) bond motifs is 20. The van der Waals surface area contributed by atoms with Gasteiger partial charge in [-0.3, -0.25) is 18.4 Å². The van der Waals surface area contributed by atoms with Crippen LogP contribution in [-0.2, 0) is 0 Å². The van der Waals surface area contributed by atoms with Crippen LogP contribution in [0.5, 0.6) is 0 Å². The number of imidazole rings is 2. The van der Waals surface area contributed by atoms with Gasteiger partial charge in [-0.1, -0.05) is 158 Å². The highest BCUT2D eigenvalue weighted by Gasteiger charge is 2.36. The van der Waals surface area contributed by atoms with Gasteiger partial charge in [0, 0.05) is 106 Å². The third kappa shape index (κ3) is 6.91. The van der Waals surface area contributed by atoms with E-state index < -0.39 is 0 Å². The van der Waals surface area contributed by atoms with E-state index in [0.717, 1.165) is 76.5 Å². The summed E-state index contributed by atoms with van der Waals surface area (Å²) in [5.74, 6) is 0. The van der Waals surface area contributed by atoms with Crippen LogP contribution < -0.4 is 11.1 Å². The van der Waals surface area contributed by atoms with Gasteiger partial charge in [-0.15, -0.1) is 45.3 Å². The van der Waals surface area contributed by atoms with Gasteiger partial charge in [-0.2, -0.15) is 0 Å². The van der Waals surface area contributed by atoms with Gasteiger partial charge in [0.25, 0.3) is 11.1 Å². The minimum Gasteiger partial charge on any atom is -0.268 e. The summed E-state index contributed by atoms with van der Waals surface area (Å²) < 4.78 is 3.60. The molecule has 0 atom stereocenters. The quantitative estimate of drug-likeness (QED) is 0.130. The molecular weight excluding hydrogens is 1350 g/mol. The van der Waals surface area contributed by atoms with Crippen molar-refractivity contribution in [1.82, 2.24) is 18.8 Å². The van der Waals surface area contributed by atoms with Crippen LogP contribution >= 0.6 is 45.3 Å². The Morgan fingerprint density at radius 2 is 0.548 bits per heavy atom. The lowest BCUT2D eigenvalue weighted by atomic mass is 9.86. The molecule has 0 saturated heterocycles. The van der Waals surface area contributed by atoms with Crippen molar-refractivity contribution in [1.29, 1.82) is 0 Å². The summed E-state index contributed by atoms with van der Waals surface area (Å²) in [7, 11) is 0. The Morgan fingerprint density at radius 3 is 0.885 bits per heavy atom. The summed E-state index contributed by atoms with van der Waals surface area (Å²) in [6.45, 7) is 4.41. The molecule has 0 unspecified atom stereocenters. The van der Waals surface area contributed by atoms with Crippen molar-refractivity contribution >= 4 is 208 Å². The minimum absolute atomic E-state index is 0.0142. The fourth-order valence-electron chi connectivity index (χ4n) is 19.4. The van der Waals surface area contributed by atoms with Gasteiger partial charge < -0.3 is 0 Å². The van der Waals surface area contributed by atoms with E-state index in [1.54, 1.807) is 8.80 Å². The lowest BCUT2D eigenvalue weighted by molar-refractivity contribution is 1.19. The molecule has 0 fully saturated rings. The predicted molar refractivity (Wildman–Crippen MR) is 444 cm³/mol. The second kappa shape index (κ2) is 19.9. The normalized spacial score (nSPS) is 12.8. The van der Waals surface area contributed by atoms with E-state index in [9.17, 15) is 9.59 Å². The van der Waals surface area contributed by atoms with Gasteiger partial charge in [0.15, 0.2) is 0 Å². The molecule has 0 saturated carbocycles. The highest BCUT2D eigenvalue weighted by Crippen LogP contribution is 2.63. The maximum absolute atomic E-state index is 14.3. The summed E-state index contributed by atoms with van der Waals surface area (Å²) in [6, 6.07) is 88.1. The summed E-state index contributed by atoms with van der Waals surface area (Å²) >= 11 is 7.39. The van der Waals surface area contributed by atoms with E-state index in [1.165, 1.54) is 182 Å². The lowest BCUT2D eigenvalue weighted by Crippen LogP contribution is -2.13. The molecular formula is C94H48N4O2S4. The van der Waals surface area contributed by atoms with Crippen LogP contribution in [0.1, 0.15) is 9.75 Å². The minimum atomic E-state index is -0.0146. The molecule has 0 amide bonds. The Kier molecular flexibility index (Phi) is 10.8. The Hall–Kier alpha value is -12.3. The second-order valence-corrected chi connectivity index (χ2v) is 32.8. The topological polar surface area (TPSA) is 68.7 Å². The van der Waals surface area contributed by atoms with Crippen LogP contribution in [-0.4, -0.2) is 18.8 Å². The zero-order valence-corrected chi connectivity index (χ0v) is 58.8. The molecule has 2 aliphatic carbocycles. The Morgan fingerprint density at radius 1 is 0.250 bits per heavy atom. The number of thiophene rings is 4. The molecule has 8 aromatic heterocycles. The molecule has 0 aliphatic heterocycles. The lowest BCUT2D eigenvalue weighted by Gasteiger charge is -2.18. The van der Waals surface area contributed by atoms with E-state index in [1.807, 2.05) is 99.9 Å². The highest BCUT2D eigenvalue weighted by molar-refractivity contribution is 7.16. The number of para-hydroxylation sites is 4. The third-order valence-corrected chi connectivity index (χ3v) is 27.1. The molecule has 0 N–H and O–H groups in total. The average molecular weight is 1390 g/mol. The molecule has 480 valence electrons. The molecule has 2 aliphatic rings. The first-order valence-electron chi connectivity index (χ1n) is 35.2. The first-order valence-corrected chi connectivity index (χ1v) is 38.6. The van der Waals surface area contributed by atoms with Crippen LogP contribution in [0.2, 0.25) is 0 Å². The molecule has 24 aromatic rings. The molecule has 104 heavy (non-hydrogen) atoms. The van der Waals surface area contributed by atoms with E-state index in [-0.39, 0.29) is 11.1 Å². The highest BCUT2D eigenvalue weighted by atomic mass is 32.1. The second-order valence-electron chi connectivity index (χ2n) is 28.3. The number of hydrogen-bond acceptors (Lipinski definition) is 8. The van der Waals surface area contributed by atoms with Crippen LogP contribution in [0, 0.1) is 13.8 Å². The van der Waals surface area contributed by atoms with Crippen molar-refractivity contribution in [3.8, 4) is 86.3 Å². The van der Waals surface area contributed by atoms with Crippen molar-refractivity contribution in [3.05, 3.63) is 284 Å². The first kappa shape index (κ1) is 56.4. The summed E-state index contributed by atoms with van der Waals surface area (Å²) in [5.41, 5.74) is 20.6. The SMILES string of the molecule is Cc1ccc(-c2c3c(c(-c4ccc(C)s4)c4ccccc24)-c2ccc4c5ccc6c7c(ccc(c8ccc-3c2c84)c57)c(=O)n2c3ccccc3nc62)s1.O=c1c2ccc3c4ccc5c6c(ccc(c7ccc(c2c37)c2nc3ccccc3n12)c64)-c1c-5c(-c2cccs2)c2ccccc2c1-c1cccs1. The Balaban J connectivity index is 0.000000121. The molecule has 8 heterocycles. The standard InChI is InChI=1S/C48H26N2OS2.C46H22N2OS2/c1-23-11-21-37(52-23)43-25-7-3-4-8-26(25)44(38-22-12-24(2)53-38)46-32-18-14-28-30-16-20-34-42-33(47-49-35-9-5-6-10-36(35)50(47)48(34)51)19-15-29(40(30)42)27-13-17-31(45(43)46)41(32)39(27)28;49-46-32-20-16-28-26-14-18-30-39-29(43-41(35-11-5-21-50-35)23-7-1-2-8-24(23)42(44(30)43)36-12-6-22-51-36)17-13-25(37(26)39)27-15-19-31(40(32)38(27)28)45-47-33-9-3-4-10-34(33)48(45)46/h3-22H,1-2H3;1-22H. The first-order chi connectivity index (χ1) is 51.3. The van der Waals surface area contributed by atoms with Gasteiger partial charge in [-0.25, -0.2) is 9.97 Å². The van der Waals surface area contributed by atoms with Crippen LogP contribution in [0.3, 0.4) is 0 Å². The summed E-state index contributed by atoms with van der Waals surface area (Å²) in [6.07, 6.45) is 0. The fourth-order valence-corrected chi connectivity index (χ4v) is 22.8. The Bertz CT molecular complexity index is 7900.